The molecule has 1 amide bonds. The maximum absolute atomic E-state index is 12.4. The summed E-state index contributed by atoms with van der Waals surface area (Å²) < 4.78 is 5.85. The van der Waals surface area contributed by atoms with Gasteiger partial charge in [0.05, 0.1) is 12.2 Å². The van der Waals surface area contributed by atoms with Crippen LogP contribution in [0.3, 0.4) is 0 Å². The minimum Gasteiger partial charge on any atom is -0.441 e. The van der Waals surface area contributed by atoms with E-state index in [1.54, 1.807) is 6.20 Å². The lowest BCUT2D eigenvalue weighted by molar-refractivity contribution is -0.121. The number of benzene rings is 2. The molecule has 28 heavy (non-hydrogen) atoms. The molecule has 3 aromatic rings. The summed E-state index contributed by atoms with van der Waals surface area (Å²) >= 11 is 0. The lowest BCUT2D eigenvalue weighted by Gasteiger charge is -2.17. The molecule has 0 aliphatic heterocycles. The highest BCUT2D eigenvalue weighted by Crippen LogP contribution is 2.23. The summed E-state index contributed by atoms with van der Waals surface area (Å²) in [7, 11) is 0. The molecule has 1 heterocycles. The molecule has 3 rings (SSSR count). The van der Waals surface area contributed by atoms with E-state index in [4.69, 9.17) is 4.42 Å². The minimum atomic E-state index is -0.0249. The maximum Gasteiger partial charge on any atom is 0.220 e. The van der Waals surface area contributed by atoms with E-state index < -0.39 is 0 Å². The minimum absolute atomic E-state index is 0.000614. The number of aryl methyl sites for hydroxylation is 5. The van der Waals surface area contributed by atoms with Crippen LogP contribution in [0.15, 0.2) is 47.0 Å². The third kappa shape index (κ3) is 4.69. The molecular formula is C24H28N2O2. The highest BCUT2D eigenvalue weighted by molar-refractivity contribution is 5.76. The van der Waals surface area contributed by atoms with Crippen molar-refractivity contribution < 1.29 is 9.21 Å². The zero-order valence-electron chi connectivity index (χ0n) is 17.3. The summed E-state index contributed by atoms with van der Waals surface area (Å²) in [4.78, 5) is 16.7. The average Bonchev–Trinajstić information content (AvgIpc) is 3.13. The number of carbonyl (C=O) groups is 1. The van der Waals surface area contributed by atoms with E-state index in [1.165, 1.54) is 22.3 Å². The number of carbonyl (C=O) groups excluding carboxylic acids is 1. The molecule has 0 bridgehead atoms. The smallest absolute Gasteiger partial charge is 0.220 e. The number of oxazole rings is 1. The lowest BCUT2D eigenvalue weighted by Crippen LogP contribution is -2.27. The van der Waals surface area contributed by atoms with Gasteiger partial charge in [0.1, 0.15) is 0 Å². The van der Waals surface area contributed by atoms with Crippen molar-refractivity contribution in [1.29, 1.82) is 0 Å². The Labute approximate surface area is 167 Å². The SMILES string of the molecule is Cc1ccc(C)c([C@@H](C)NC(=O)CCc2ncc(-c3ccc(C)c(C)c3)o2)c1. The van der Waals surface area contributed by atoms with Crippen LogP contribution in [0, 0.1) is 27.7 Å². The molecule has 0 aliphatic rings. The molecule has 0 saturated carbocycles. The lowest BCUT2D eigenvalue weighted by atomic mass is 10.00. The van der Waals surface area contributed by atoms with Gasteiger partial charge in [0, 0.05) is 18.4 Å². The van der Waals surface area contributed by atoms with Crippen molar-refractivity contribution in [2.75, 3.05) is 0 Å². The highest BCUT2D eigenvalue weighted by Gasteiger charge is 2.14. The summed E-state index contributed by atoms with van der Waals surface area (Å²) in [5.74, 6) is 1.32. The van der Waals surface area contributed by atoms with Crippen LogP contribution in [-0.4, -0.2) is 10.9 Å². The first-order chi connectivity index (χ1) is 13.3. The Kier molecular flexibility index (Phi) is 5.98. The molecular weight excluding hydrogens is 348 g/mol. The van der Waals surface area contributed by atoms with Gasteiger partial charge in [-0.05, 0) is 62.9 Å². The van der Waals surface area contributed by atoms with Gasteiger partial charge in [-0.25, -0.2) is 4.98 Å². The summed E-state index contributed by atoms with van der Waals surface area (Å²) in [6.45, 7) is 10.3. The van der Waals surface area contributed by atoms with Crippen molar-refractivity contribution in [1.82, 2.24) is 10.3 Å². The summed E-state index contributed by atoms with van der Waals surface area (Å²) in [6, 6.07) is 12.5. The second kappa shape index (κ2) is 8.42. The third-order valence-corrected chi connectivity index (χ3v) is 5.19. The van der Waals surface area contributed by atoms with Gasteiger partial charge < -0.3 is 9.73 Å². The summed E-state index contributed by atoms with van der Waals surface area (Å²) in [5.41, 5.74) is 7.01. The molecule has 0 fully saturated rings. The molecule has 4 nitrogen and oxygen atoms in total. The molecule has 0 unspecified atom stereocenters. The van der Waals surface area contributed by atoms with Crippen LogP contribution in [0.4, 0.5) is 0 Å². The molecule has 0 saturated heterocycles. The summed E-state index contributed by atoms with van der Waals surface area (Å²) in [6.07, 6.45) is 2.56. The zero-order chi connectivity index (χ0) is 20.3. The predicted molar refractivity (Wildman–Crippen MR) is 112 cm³/mol. The Balaban J connectivity index is 1.58. The molecule has 1 atom stereocenters. The quantitative estimate of drug-likeness (QED) is 0.628. The zero-order valence-corrected chi connectivity index (χ0v) is 17.3. The van der Waals surface area contributed by atoms with Gasteiger partial charge in [-0.3, -0.25) is 4.79 Å². The Morgan fingerprint density at radius 2 is 1.79 bits per heavy atom. The number of nitrogens with one attached hydrogen (secondary N) is 1. The highest BCUT2D eigenvalue weighted by atomic mass is 16.4. The molecule has 2 aromatic carbocycles. The fourth-order valence-electron chi connectivity index (χ4n) is 3.29. The first-order valence-electron chi connectivity index (χ1n) is 9.72. The molecule has 0 aliphatic carbocycles. The van der Waals surface area contributed by atoms with Gasteiger partial charge in [0.15, 0.2) is 11.7 Å². The normalized spacial score (nSPS) is 12.0. The van der Waals surface area contributed by atoms with Crippen LogP contribution in [0.5, 0.6) is 0 Å². The van der Waals surface area contributed by atoms with Crippen molar-refractivity contribution in [2.24, 2.45) is 0 Å². The monoisotopic (exact) mass is 376 g/mol. The molecule has 4 heteroatoms. The van der Waals surface area contributed by atoms with E-state index in [0.29, 0.717) is 18.7 Å². The first kappa shape index (κ1) is 19.9. The standard InChI is InChI=1S/C24H28N2O2/c1-15-6-7-17(3)21(12-15)19(5)26-23(27)10-11-24-25-14-22(28-24)20-9-8-16(2)18(4)13-20/h6-9,12-14,19H,10-11H2,1-5H3,(H,26,27)/t19-/m1/s1. The Morgan fingerprint density at radius 3 is 2.54 bits per heavy atom. The van der Waals surface area contributed by atoms with E-state index in [2.05, 4.69) is 68.3 Å². The fraction of sp³-hybridized carbons (Fsp3) is 0.333. The number of amides is 1. The number of nitrogens with zero attached hydrogens (tertiary/aromatic N) is 1. The molecule has 0 spiro atoms. The van der Waals surface area contributed by atoms with E-state index in [-0.39, 0.29) is 11.9 Å². The predicted octanol–water partition coefficient (Wildman–Crippen LogP) is 5.39. The van der Waals surface area contributed by atoms with Gasteiger partial charge in [-0.1, -0.05) is 35.9 Å². The van der Waals surface area contributed by atoms with Gasteiger partial charge in [0.2, 0.25) is 5.91 Å². The van der Waals surface area contributed by atoms with Crippen LogP contribution >= 0.6 is 0 Å². The largest absolute Gasteiger partial charge is 0.441 e. The van der Waals surface area contributed by atoms with Crippen LogP contribution in [-0.2, 0) is 11.2 Å². The first-order valence-corrected chi connectivity index (χ1v) is 9.72. The number of rotatable bonds is 6. The van der Waals surface area contributed by atoms with E-state index in [9.17, 15) is 4.79 Å². The Hall–Kier alpha value is -2.88. The van der Waals surface area contributed by atoms with Crippen molar-refractivity contribution in [3.8, 4) is 11.3 Å². The van der Waals surface area contributed by atoms with Crippen LogP contribution < -0.4 is 5.32 Å². The molecule has 1 N–H and O–H groups in total. The number of aromatic nitrogens is 1. The number of hydrogen-bond donors (Lipinski definition) is 1. The van der Waals surface area contributed by atoms with Crippen molar-refractivity contribution in [3.63, 3.8) is 0 Å². The average molecular weight is 377 g/mol. The molecule has 146 valence electrons. The van der Waals surface area contributed by atoms with Crippen molar-refractivity contribution in [3.05, 3.63) is 76.3 Å². The number of hydrogen-bond acceptors (Lipinski definition) is 3. The summed E-state index contributed by atoms with van der Waals surface area (Å²) in [5, 5.41) is 3.08. The maximum atomic E-state index is 12.4. The van der Waals surface area contributed by atoms with Crippen LogP contribution in [0.25, 0.3) is 11.3 Å². The Morgan fingerprint density at radius 1 is 1.04 bits per heavy atom. The van der Waals surface area contributed by atoms with Crippen LogP contribution in [0.1, 0.15) is 53.1 Å². The van der Waals surface area contributed by atoms with Gasteiger partial charge in [-0.2, -0.15) is 0 Å². The fourth-order valence-corrected chi connectivity index (χ4v) is 3.29. The Bertz CT molecular complexity index is 988. The van der Waals surface area contributed by atoms with Gasteiger partial charge in [0.25, 0.3) is 0 Å². The van der Waals surface area contributed by atoms with Crippen molar-refractivity contribution in [2.45, 2.75) is 53.5 Å². The second-order valence-electron chi connectivity index (χ2n) is 7.57. The van der Waals surface area contributed by atoms with Crippen LogP contribution in [0.2, 0.25) is 0 Å². The topological polar surface area (TPSA) is 55.1 Å². The third-order valence-electron chi connectivity index (χ3n) is 5.19. The van der Waals surface area contributed by atoms with Gasteiger partial charge >= 0.3 is 0 Å². The molecule has 0 radical (unpaired) electrons. The second-order valence-corrected chi connectivity index (χ2v) is 7.57. The van der Waals surface area contributed by atoms with Crippen molar-refractivity contribution >= 4 is 5.91 Å². The van der Waals surface area contributed by atoms with E-state index in [0.717, 1.165) is 16.9 Å². The molecule has 1 aromatic heterocycles. The van der Waals surface area contributed by atoms with E-state index in [1.807, 2.05) is 13.0 Å². The van der Waals surface area contributed by atoms with E-state index >= 15 is 0 Å². The van der Waals surface area contributed by atoms with Gasteiger partial charge in [-0.15, -0.1) is 0 Å².